The van der Waals surface area contributed by atoms with E-state index < -0.39 is 0 Å². The Balaban J connectivity index is 2.89. The molecule has 0 fully saturated rings. The van der Waals surface area contributed by atoms with Crippen molar-refractivity contribution < 1.29 is 4.74 Å². The van der Waals surface area contributed by atoms with E-state index in [4.69, 9.17) is 22.1 Å². The van der Waals surface area contributed by atoms with Crippen molar-refractivity contribution >= 4 is 17.3 Å². The van der Waals surface area contributed by atoms with Gasteiger partial charge in [-0.2, -0.15) is 0 Å². The van der Waals surface area contributed by atoms with Crippen molar-refractivity contribution in [2.45, 2.75) is 6.92 Å². The summed E-state index contributed by atoms with van der Waals surface area (Å²) < 4.78 is 5.20. The maximum atomic E-state index is 5.73. The van der Waals surface area contributed by atoms with Gasteiger partial charge in [0.2, 0.25) is 0 Å². The van der Waals surface area contributed by atoms with Crippen LogP contribution in [-0.2, 0) is 0 Å². The van der Waals surface area contributed by atoms with E-state index >= 15 is 0 Å². The number of nitrogens with two attached hydrogens (primary N) is 1. The molecule has 0 radical (unpaired) electrons. The second kappa shape index (κ2) is 3.49. The van der Waals surface area contributed by atoms with Gasteiger partial charge in [0.1, 0.15) is 5.75 Å². The quantitative estimate of drug-likeness (QED) is 0.694. The molecule has 11 heavy (non-hydrogen) atoms. The average Bonchev–Trinajstić information content (AvgIpc) is 1.85. The molecule has 0 aromatic heterocycles. The van der Waals surface area contributed by atoms with E-state index in [0.717, 1.165) is 5.75 Å². The first-order valence-electron chi connectivity index (χ1n) is 3.41. The minimum atomic E-state index is 0.605. The summed E-state index contributed by atoms with van der Waals surface area (Å²) in [6.07, 6.45) is 0. The Morgan fingerprint density at radius 3 is 2.73 bits per heavy atom. The van der Waals surface area contributed by atoms with Crippen LogP contribution in [-0.4, -0.2) is 6.61 Å². The molecule has 0 amide bonds. The number of rotatable bonds is 2. The third-order valence-electron chi connectivity index (χ3n) is 1.20. The minimum absolute atomic E-state index is 0.605. The number of hydrogen-bond acceptors (Lipinski definition) is 2. The van der Waals surface area contributed by atoms with Crippen LogP contribution in [0.4, 0.5) is 5.69 Å². The SMILES string of the molecule is CCOc1cc(N)cc(Cl)c1. The molecule has 0 saturated carbocycles. The monoisotopic (exact) mass is 171 g/mol. The van der Waals surface area contributed by atoms with E-state index in [1.807, 2.05) is 6.92 Å². The molecule has 0 unspecified atom stereocenters. The van der Waals surface area contributed by atoms with Gasteiger partial charge < -0.3 is 10.5 Å². The lowest BCUT2D eigenvalue weighted by Crippen LogP contribution is -1.92. The molecular weight excluding hydrogens is 162 g/mol. The predicted molar refractivity (Wildman–Crippen MR) is 47.0 cm³/mol. The Bertz CT molecular complexity index is 230. The van der Waals surface area contributed by atoms with Crippen molar-refractivity contribution in [3.63, 3.8) is 0 Å². The number of anilines is 1. The molecule has 1 aromatic carbocycles. The fourth-order valence-corrected chi connectivity index (χ4v) is 1.07. The zero-order chi connectivity index (χ0) is 8.27. The summed E-state index contributed by atoms with van der Waals surface area (Å²) in [5.74, 6) is 0.720. The predicted octanol–water partition coefficient (Wildman–Crippen LogP) is 2.32. The second-order valence-electron chi connectivity index (χ2n) is 2.15. The van der Waals surface area contributed by atoms with Crippen molar-refractivity contribution in [3.8, 4) is 5.75 Å². The molecule has 0 spiro atoms. The number of nitrogen functional groups attached to an aromatic ring is 1. The summed E-state index contributed by atoms with van der Waals surface area (Å²) >= 11 is 5.73. The highest BCUT2D eigenvalue weighted by atomic mass is 35.5. The maximum absolute atomic E-state index is 5.73. The van der Waals surface area contributed by atoms with Gasteiger partial charge in [0.05, 0.1) is 6.61 Å². The third kappa shape index (κ3) is 2.31. The highest BCUT2D eigenvalue weighted by molar-refractivity contribution is 6.31. The molecule has 3 heteroatoms. The second-order valence-corrected chi connectivity index (χ2v) is 2.59. The van der Waals surface area contributed by atoms with Crippen LogP contribution in [0.15, 0.2) is 18.2 Å². The van der Waals surface area contributed by atoms with Crippen molar-refractivity contribution in [2.24, 2.45) is 0 Å². The van der Waals surface area contributed by atoms with Crippen molar-refractivity contribution in [3.05, 3.63) is 23.2 Å². The standard InChI is InChI=1S/C8H10ClNO/c1-2-11-8-4-6(9)3-7(10)5-8/h3-5H,2,10H2,1H3. The summed E-state index contributed by atoms with van der Waals surface area (Å²) in [4.78, 5) is 0. The Labute approximate surface area is 70.9 Å². The Morgan fingerprint density at radius 2 is 2.18 bits per heavy atom. The summed E-state index contributed by atoms with van der Waals surface area (Å²) in [5.41, 5.74) is 6.15. The normalized spacial score (nSPS) is 9.64. The number of hydrogen-bond donors (Lipinski definition) is 1. The maximum Gasteiger partial charge on any atom is 0.122 e. The van der Waals surface area contributed by atoms with Crippen LogP contribution in [0, 0.1) is 0 Å². The third-order valence-corrected chi connectivity index (χ3v) is 1.42. The first kappa shape index (κ1) is 8.21. The van der Waals surface area contributed by atoms with Crippen molar-refractivity contribution in [1.82, 2.24) is 0 Å². The molecule has 0 saturated heterocycles. The highest BCUT2D eigenvalue weighted by Gasteiger charge is 1.95. The summed E-state index contributed by atoms with van der Waals surface area (Å²) in [6.45, 7) is 2.54. The molecule has 1 rings (SSSR count). The molecule has 0 atom stereocenters. The number of ether oxygens (including phenoxy) is 1. The first-order valence-corrected chi connectivity index (χ1v) is 3.79. The lowest BCUT2D eigenvalue weighted by Gasteiger charge is -2.03. The van der Waals surface area contributed by atoms with Crippen LogP contribution in [0.5, 0.6) is 5.75 Å². The van der Waals surface area contributed by atoms with E-state index in [-0.39, 0.29) is 0 Å². The van der Waals surface area contributed by atoms with E-state index in [9.17, 15) is 0 Å². The molecule has 0 heterocycles. The average molecular weight is 172 g/mol. The molecule has 1 aromatic rings. The van der Waals surface area contributed by atoms with Crippen LogP contribution < -0.4 is 10.5 Å². The smallest absolute Gasteiger partial charge is 0.122 e. The Morgan fingerprint density at radius 1 is 1.45 bits per heavy atom. The van der Waals surface area contributed by atoms with Gasteiger partial charge >= 0.3 is 0 Å². The van der Waals surface area contributed by atoms with Crippen LogP contribution in [0.25, 0.3) is 0 Å². The fraction of sp³-hybridized carbons (Fsp3) is 0.250. The largest absolute Gasteiger partial charge is 0.494 e. The van der Waals surface area contributed by atoms with Gasteiger partial charge in [0.15, 0.2) is 0 Å². The highest BCUT2D eigenvalue weighted by Crippen LogP contribution is 2.21. The molecule has 0 aliphatic heterocycles. The molecule has 60 valence electrons. The van der Waals surface area contributed by atoms with E-state index in [2.05, 4.69) is 0 Å². The first-order chi connectivity index (χ1) is 5.22. The molecule has 0 aliphatic rings. The van der Waals surface area contributed by atoms with Gasteiger partial charge in [0.25, 0.3) is 0 Å². The van der Waals surface area contributed by atoms with Gasteiger partial charge in [-0.25, -0.2) is 0 Å². The summed E-state index contributed by atoms with van der Waals surface area (Å²) in [6, 6.07) is 5.17. The zero-order valence-corrected chi connectivity index (χ0v) is 7.06. The zero-order valence-electron chi connectivity index (χ0n) is 6.30. The lowest BCUT2D eigenvalue weighted by atomic mass is 10.3. The van der Waals surface area contributed by atoms with Gasteiger partial charge in [-0.3, -0.25) is 0 Å². The van der Waals surface area contributed by atoms with Crippen molar-refractivity contribution in [2.75, 3.05) is 12.3 Å². The van der Waals surface area contributed by atoms with Crippen molar-refractivity contribution in [1.29, 1.82) is 0 Å². The van der Waals surface area contributed by atoms with Gasteiger partial charge in [-0.05, 0) is 19.1 Å². The molecule has 0 bridgehead atoms. The van der Waals surface area contributed by atoms with E-state index in [0.29, 0.717) is 17.3 Å². The molecule has 2 N–H and O–H groups in total. The summed E-state index contributed by atoms with van der Waals surface area (Å²) in [5, 5.41) is 0.605. The van der Waals surface area contributed by atoms with Crippen LogP contribution in [0.1, 0.15) is 6.92 Å². The van der Waals surface area contributed by atoms with Crippen LogP contribution >= 0.6 is 11.6 Å². The molecular formula is C8H10ClNO. The van der Waals surface area contributed by atoms with Crippen LogP contribution in [0.2, 0.25) is 5.02 Å². The van der Waals surface area contributed by atoms with Gasteiger partial charge in [0, 0.05) is 16.8 Å². The molecule has 2 nitrogen and oxygen atoms in total. The molecule has 0 aliphatic carbocycles. The van der Waals surface area contributed by atoms with Gasteiger partial charge in [-0.15, -0.1) is 0 Å². The number of benzene rings is 1. The Kier molecular flexibility index (Phi) is 2.60. The minimum Gasteiger partial charge on any atom is -0.494 e. The topological polar surface area (TPSA) is 35.2 Å². The number of halogens is 1. The van der Waals surface area contributed by atoms with E-state index in [1.54, 1.807) is 18.2 Å². The van der Waals surface area contributed by atoms with Gasteiger partial charge in [-0.1, -0.05) is 11.6 Å². The lowest BCUT2D eigenvalue weighted by molar-refractivity contribution is 0.340. The Hall–Kier alpha value is -0.890. The van der Waals surface area contributed by atoms with Crippen LogP contribution in [0.3, 0.4) is 0 Å². The van der Waals surface area contributed by atoms with E-state index in [1.165, 1.54) is 0 Å². The summed E-state index contributed by atoms with van der Waals surface area (Å²) in [7, 11) is 0. The fourth-order valence-electron chi connectivity index (χ4n) is 0.834.